The Morgan fingerprint density at radius 1 is 0.919 bits per heavy atom. The molecule has 37 heavy (non-hydrogen) atoms. The summed E-state index contributed by atoms with van der Waals surface area (Å²) in [5.74, 6) is 0.475. The SMILES string of the molecule is COc1cc(C2c3cc4c(cc3C(O)C(CO)C2C(=O)N2CCCCCC2)OCO4)cc(OC)c1OC. The molecule has 4 unspecified atom stereocenters. The summed E-state index contributed by atoms with van der Waals surface area (Å²) < 4.78 is 28.0. The Morgan fingerprint density at radius 2 is 1.51 bits per heavy atom. The summed E-state index contributed by atoms with van der Waals surface area (Å²) in [6.07, 6.45) is 3.00. The molecular weight excluding hydrogens is 478 g/mol. The largest absolute Gasteiger partial charge is 0.493 e. The van der Waals surface area contributed by atoms with Gasteiger partial charge in [0.15, 0.2) is 23.0 Å². The molecule has 1 aliphatic carbocycles. The molecular formula is C28H35NO8. The van der Waals surface area contributed by atoms with Gasteiger partial charge in [-0.05, 0) is 53.8 Å². The van der Waals surface area contributed by atoms with E-state index in [9.17, 15) is 15.0 Å². The van der Waals surface area contributed by atoms with E-state index in [2.05, 4.69) is 0 Å². The van der Waals surface area contributed by atoms with Crippen LogP contribution in [0.15, 0.2) is 24.3 Å². The minimum absolute atomic E-state index is 0.0675. The molecule has 2 N–H and O–H groups in total. The fourth-order valence-corrected chi connectivity index (χ4v) is 6.08. The van der Waals surface area contributed by atoms with E-state index in [1.807, 2.05) is 23.1 Å². The molecule has 2 aromatic rings. The number of aliphatic hydroxyl groups excluding tert-OH is 2. The molecule has 0 bridgehead atoms. The first-order valence-corrected chi connectivity index (χ1v) is 12.8. The predicted octanol–water partition coefficient (Wildman–Crippen LogP) is 3.25. The molecule has 0 radical (unpaired) electrons. The lowest BCUT2D eigenvalue weighted by atomic mass is 9.64. The van der Waals surface area contributed by atoms with E-state index >= 15 is 0 Å². The van der Waals surface area contributed by atoms with E-state index in [1.165, 1.54) is 0 Å². The van der Waals surface area contributed by atoms with Crippen LogP contribution in [0.5, 0.6) is 28.7 Å². The van der Waals surface area contributed by atoms with Gasteiger partial charge in [-0.2, -0.15) is 0 Å². The van der Waals surface area contributed by atoms with Crippen LogP contribution in [0.2, 0.25) is 0 Å². The molecule has 0 spiro atoms. The predicted molar refractivity (Wildman–Crippen MR) is 135 cm³/mol. The highest BCUT2D eigenvalue weighted by Gasteiger charge is 2.48. The van der Waals surface area contributed by atoms with E-state index in [0.29, 0.717) is 47.4 Å². The third kappa shape index (κ3) is 4.44. The zero-order chi connectivity index (χ0) is 26.1. The van der Waals surface area contributed by atoms with Crippen LogP contribution in [0.1, 0.15) is 54.4 Å². The van der Waals surface area contributed by atoms with Gasteiger partial charge in [0, 0.05) is 31.5 Å². The number of benzene rings is 2. The van der Waals surface area contributed by atoms with Crippen molar-refractivity contribution in [2.24, 2.45) is 11.8 Å². The maximum Gasteiger partial charge on any atom is 0.231 e. The van der Waals surface area contributed by atoms with Crippen LogP contribution in [-0.2, 0) is 4.79 Å². The lowest BCUT2D eigenvalue weighted by Crippen LogP contribution is -2.47. The minimum atomic E-state index is -1.05. The summed E-state index contributed by atoms with van der Waals surface area (Å²) in [4.78, 5) is 16.1. The maximum atomic E-state index is 14.2. The van der Waals surface area contributed by atoms with E-state index in [1.54, 1.807) is 27.4 Å². The van der Waals surface area contributed by atoms with Gasteiger partial charge in [0.25, 0.3) is 0 Å². The molecule has 5 rings (SSSR count). The van der Waals surface area contributed by atoms with Crippen molar-refractivity contribution in [1.29, 1.82) is 0 Å². The number of likely N-dealkylation sites (tertiary alicyclic amines) is 1. The Balaban J connectivity index is 1.72. The Labute approximate surface area is 216 Å². The van der Waals surface area contributed by atoms with E-state index in [-0.39, 0.29) is 19.3 Å². The van der Waals surface area contributed by atoms with Crippen molar-refractivity contribution in [3.05, 3.63) is 41.0 Å². The molecule has 9 nitrogen and oxygen atoms in total. The molecule has 1 amide bonds. The second kappa shape index (κ2) is 10.7. The third-order valence-corrected chi connectivity index (χ3v) is 7.92. The van der Waals surface area contributed by atoms with E-state index < -0.39 is 23.9 Å². The van der Waals surface area contributed by atoms with Crippen molar-refractivity contribution in [1.82, 2.24) is 4.90 Å². The molecule has 200 valence electrons. The number of rotatable bonds is 6. The summed E-state index contributed by atoms with van der Waals surface area (Å²) in [7, 11) is 4.64. The van der Waals surface area contributed by atoms with Crippen molar-refractivity contribution in [3.63, 3.8) is 0 Å². The summed E-state index contributed by atoms with van der Waals surface area (Å²) in [6.45, 7) is 1.07. The zero-order valence-corrected chi connectivity index (χ0v) is 21.6. The Morgan fingerprint density at radius 3 is 2.05 bits per heavy atom. The summed E-state index contributed by atoms with van der Waals surface area (Å²) in [5, 5.41) is 22.0. The molecule has 2 aliphatic heterocycles. The van der Waals surface area contributed by atoms with Crippen LogP contribution in [-0.4, -0.2) is 68.8 Å². The van der Waals surface area contributed by atoms with Gasteiger partial charge in [-0.25, -0.2) is 0 Å². The Bertz CT molecular complexity index is 1120. The average molecular weight is 514 g/mol. The van der Waals surface area contributed by atoms with Gasteiger partial charge in [-0.15, -0.1) is 0 Å². The molecule has 2 heterocycles. The highest BCUT2D eigenvalue weighted by Crippen LogP contribution is 2.54. The molecule has 0 aromatic heterocycles. The second-order valence-electron chi connectivity index (χ2n) is 9.83. The topological polar surface area (TPSA) is 107 Å². The van der Waals surface area contributed by atoms with Gasteiger partial charge >= 0.3 is 0 Å². The van der Waals surface area contributed by atoms with Crippen molar-refractivity contribution >= 4 is 5.91 Å². The van der Waals surface area contributed by atoms with Crippen molar-refractivity contribution in [2.45, 2.75) is 37.7 Å². The van der Waals surface area contributed by atoms with E-state index in [4.69, 9.17) is 23.7 Å². The number of hydrogen-bond acceptors (Lipinski definition) is 8. The highest BCUT2D eigenvalue weighted by atomic mass is 16.7. The second-order valence-corrected chi connectivity index (χ2v) is 9.83. The number of nitrogens with zero attached hydrogens (tertiary/aromatic N) is 1. The first kappa shape index (κ1) is 25.5. The van der Waals surface area contributed by atoms with Crippen molar-refractivity contribution in [2.75, 3.05) is 47.8 Å². The number of carbonyl (C=O) groups excluding carboxylic acids is 1. The monoisotopic (exact) mass is 513 g/mol. The van der Waals surface area contributed by atoms with Crippen LogP contribution in [0.4, 0.5) is 0 Å². The molecule has 9 heteroatoms. The standard InChI is InChI=1S/C28H35NO8/c1-33-22-10-16(11-23(34-2)27(22)35-3)24-17-12-20-21(37-15-36-20)13-18(17)26(31)19(14-30)25(24)28(32)29-8-6-4-5-7-9-29/h10-13,19,24-26,30-31H,4-9,14-15H2,1-3H3. The van der Waals surface area contributed by atoms with Crippen molar-refractivity contribution in [3.8, 4) is 28.7 Å². The number of carbonyl (C=O) groups is 1. The molecule has 1 saturated heterocycles. The number of amides is 1. The van der Waals surface area contributed by atoms with E-state index in [0.717, 1.165) is 36.8 Å². The van der Waals surface area contributed by atoms with Gasteiger partial charge in [-0.3, -0.25) is 4.79 Å². The van der Waals surface area contributed by atoms with Gasteiger partial charge in [0.2, 0.25) is 18.4 Å². The number of hydrogen-bond donors (Lipinski definition) is 2. The van der Waals surface area contributed by atoms with Gasteiger partial charge in [-0.1, -0.05) is 12.8 Å². The smallest absolute Gasteiger partial charge is 0.231 e. The molecule has 1 fully saturated rings. The van der Waals surface area contributed by atoms with Crippen LogP contribution < -0.4 is 23.7 Å². The summed E-state index contributed by atoms with van der Waals surface area (Å²) in [6, 6.07) is 7.30. The number of methoxy groups -OCH3 is 3. The van der Waals surface area contributed by atoms with Gasteiger partial charge in [0.05, 0.1) is 33.4 Å². The quantitative estimate of drug-likeness (QED) is 0.606. The summed E-state index contributed by atoms with van der Waals surface area (Å²) >= 11 is 0. The third-order valence-electron chi connectivity index (χ3n) is 7.92. The molecule has 4 atom stereocenters. The van der Waals surface area contributed by atoms with Gasteiger partial charge in [0.1, 0.15) is 0 Å². The van der Waals surface area contributed by atoms with Crippen LogP contribution in [0.3, 0.4) is 0 Å². The maximum absolute atomic E-state index is 14.2. The lowest BCUT2D eigenvalue weighted by molar-refractivity contribution is -0.142. The number of fused-ring (bicyclic) bond motifs is 2. The first-order chi connectivity index (χ1) is 18.0. The summed E-state index contributed by atoms with van der Waals surface area (Å²) in [5.41, 5.74) is 2.12. The molecule has 3 aliphatic rings. The number of aliphatic hydroxyl groups is 2. The lowest BCUT2D eigenvalue weighted by Gasteiger charge is -2.43. The average Bonchev–Trinajstić information content (AvgIpc) is 3.21. The van der Waals surface area contributed by atoms with Crippen LogP contribution in [0.25, 0.3) is 0 Å². The minimum Gasteiger partial charge on any atom is -0.493 e. The van der Waals surface area contributed by atoms with Crippen LogP contribution in [0, 0.1) is 11.8 Å². The normalized spacial score (nSPS) is 24.7. The number of ether oxygens (including phenoxy) is 5. The molecule has 2 aromatic carbocycles. The highest BCUT2D eigenvalue weighted by molar-refractivity contribution is 5.82. The van der Waals surface area contributed by atoms with Gasteiger partial charge < -0.3 is 38.8 Å². The Hall–Kier alpha value is -3.17. The zero-order valence-electron chi connectivity index (χ0n) is 21.6. The fraction of sp³-hybridized carbons (Fsp3) is 0.536. The van der Waals surface area contributed by atoms with Crippen molar-refractivity contribution < 1.29 is 38.7 Å². The fourth-order valence-electron chi connectivity index (χ4n) is 6.08. The Kier molecular flexibility index (Phi) is 7.35. The van der Waals surface area contributed by atoms with Crippen LogP contribution >= 0.6 is 0 Å². The molecule has 0 saturated carbocycles. The first-order valence-electron chi connectivity index (χ1n) is 12.8.